The molecule has 0 aromatic heterocycles. The molecule has 1 saturated heterocycles. The minimum absolute atomic E-state index is 0.0731. The van der Waals surface area contributed by atoms with E-state index in [1.807, 2.05) is 25.1 Å². The molecule has 0 atom stereocenters. The molecule has 8 heteroatoms. The molecular formula is C18H17ClN2O4S. The highest BCUT2D eigenvalue weighted by atomic mass is 35.5. The Hall–Kier alpha value is -2.38. The van der Waals surface area contributed by atoms with E-state index in [9.17, 15) is 18.0 Å². The third kappa shape index (κ3) is 3.45. The van der Waals surface area contributed by atoms with Crippen LogP contribution in [0.25, 0.3) is 0 Å². The largest absolute Gasteiger partial charge is 0.322 e. The first-order valence-electron chi connectivity index (χ1n) is 8.08. The summed E-state index contributed by atoms with van der Waals surface area (Å²) in [5.41, 5.74) is 1.84. The average Bonchev–Trinajstić information content (AvgIpc) is 2.89. The number of carbonyl (C=O) groups is 2. The van der Waals surface area contributed by atoms with Gasteiger partial charge in [0.25, 0.3) is 5.91 Å². The van der Waals surface area contributed by atoms with Crippen LogP contribution in [0.15, 0.2) is 42.5 Å². The number of amides is 2. The molecule has 2 amide bonds. The maximum Gasteiger partial charge on any atom is 0.257 e. The standard InChI is InChI=1S/C18H17ClN2O4S/c1-2-12-5-3-4-6-16(12)20-18(23)14-11-13(7-8-15(14)19)21-17(22)9-10-26(21,24)25/h3-8,11H,2,9-10H2,1H3,(H,20,23). The summed E-state index contributed by atoms with van der Waals surface area (Å²) in [6, 6.07) is 11.5. The molecule has 0 bridgehead atoms. The number of nitrogens with one attached hydrogen (secondary N) is 1. The van der Waals surface area contributed by atoms with Crippen molar-refractivity contribution in [3.8, 4) is 0 Å². The lowest BCUT2D eigenvalue weighted by Gasteiger charge is -2.17. The summed E-state index contributed by atoms with van der Waals surface area (Å²) in [7, 11) is -3.71. The molecule has 1 aliphatic rings. The van der Waals surface area contributed by atoms with Gasteiger partial charge in [0.05, 0.1) is 22.0 Å². The van der Waals surface area contributed by atoms with Gasteiger partial charge in [0.1, 0.15) is 0 Å². The lowest BCUT2D eigenvalue weighted by molar-refractivity contribution is -0.116. The molecule has 2 aromatic carbocycles. The fraction of sp³-hybridized carbons (Fsp3) is 0.222. The Labute approximate surface area is 156 Å². The highest BCUT2D eigenvalue weighted by Gasteiger charge is 2.36. The molecular weight excluding hydrogens is 376 g/mol. The quantitative estimate of drug-likeness (QED) is 0.865. The molecule has 26 heavy (non-hydrogen) atoms. The third-order valence-electron chi connectivity index (χ3n) is 4.15. The van der Waals surface area contributed by atoms with E-state index in [1.54, 1.807) is 6.07 Å². The number of hydrogen-bond acceptors (Lipinski definition) is 4. The summed E-state index contributed by atoms with van der Waals surface area (Å²) < 4.78 is 24.9. The molecule has 136 valence electrons. The number of hydrogen-bond donors (Lipinski definition) is 1. The number of rotatable bonds is 4. The smallest absolute Gasteiger partial charge is 0.257 e. The van der Waals surface area contributed by atoms with E-state index in [0.717, 1.165) is 16.3 Å². The lowest BCUT2D eigenvalue weighted by atomic mass is 10.1. The Balaban J connectivity index is 1.95. The van der Waals surface area contributed by atoms with Gasteiger partial charge in [0, 0.05) is 12.1 Å². The minimum Gasteiger partial charge on any atom is -0.322 e. The zero-order valence-corrected chi connectivity index (χ0v) is 15.6. The normalized spacial score (nSPS) is 15.9. The Kier molecular flexibility index (Phi) is 5.02. The second-order valence-corrected chi connectivity index (χ2v) is 8.20. The van der Waals surface area contributed by atoms with Crippen molar-refractivity contribution in [3.63, 3.8) is 0 Å². The first-order chi connectivity index (χ1) is 12.3. The van der Waals surface area contributed by atoms with Crippen molar-refractivity contribution in [2.75, 3.05) is 15.4 Å². The molecule has 3 rings (SSSR count). The Bertz CT molecular complexity index is 988. The van der Waals surface area contributed by atoms with Crippen LogP contribution in [0.1, 0.15) is 29.3 Å². The summed E-state index contributed by atoms with van der Waals surface area (Å²) in [5, 5.41) is 2.96. The number of halogens is 1. The van der Waals surface area contributed by atoms with Crippen molar-refractivity contribution < 1.29 is 18.0 Å². The SMILES string of the molecule is CCc1ccccc1NC(=O)c1cc(N2C(=O)CCS2(=O)=O)ccc1Cl. The predicted molar refractivity (Wildman–Crippen MR) is 101 cm³/mol. The van der Waals surface area contributed by atoms with Crippen LogP contribution in [0.5, 0.6) is 0 Å². The lowest BCUT2D eigenvalue weighted by Crippen LogP contribution is -2.29. The van der Waals surface area contributed by atoms with E-state index in [4.69, 9.17) is 11.6 Å². The number of carbonyl (C=O) groups excluding carboxylic acids is 2. The molecule has 1 aliphatic heterocycles. The summed E-state index contributed by atoms with van der Waals surface area (Å²) >= 11 is 6.13. The second-order valence-electron chi connectivity index (χ2n) is 5.85. The monoisotopic (exact) mass is 392 g/mol. The van der Waals surface area contributed by atoms with Crippen LogP contribution in [-0.4, -0.2) is 26.0 Å². The minimum atomic E-state index is -3.71. The van der Waals surface area contributed by atoms with Crippen molar-refractivity contribution in [1.82, 2.24) is 0 Å². The Morgan fingerprint density at radius 1 is 1.23 bits per heavy atom. The number of anilines is 2. The molecule has 2 aromatic rings. The average molecular weight is 393 g/mol. The molecule has 1 heterocycles. The van der Waals surface area contributed by atoms with Gasteiger partial charge in [0.15, 0.2) is 0 Å². The number of para-hydroxylation sites is 1. The fourth-order valence-electron chi connectivity index (χ4n) is 2.82. The summed E-state index contributed by atoms with van der Waals surface area (Å²) in [6.45, 7) is 1.97. The van der Waals surface area contributed by atoms with Crippen molar-refractivity contribution in [2.45, 2.75) is 19.8 Å². The highest BCUT2D eigenvalue weighted by molar-refractivity contribution is 7.94. The molecule has 1 fully saturated rings. The first kappa shape index (κ1) is 18.4. The maximum absolute atomic E-state index is 12.7. The fourth-order valence-corrected chi connectivity index (χ4v) is 4.48. The van der Waals surface area contributed by atoms with Crippen molar-refractivity contribution >= 4 is 44.8 Å². The number of sulfonamides is 1. The summed E-state index contributed by atoms with van der Waals surface area (Å²) in [5.74, 6) is -1.23. The van der Waals surface area contributed by atoms with E-state index in [-0.39, 0.29) is 28.4 Å². The molecule has 0 saturated carbocycles. The Morgan fingerprint density at radius 3 is 2.62 bits per heavy atom. The van der Waals surface area contributed by atoms with Crippen LogP contribution < -0.4 is 9.62 Å². The van der Waals surface area contributed by atoms with Crippen LogP contribution in [0.2, 0.25) is 5.02 Å². The van der Waals surface area contributed by atoms with Crippen molar-refractivity contribution in [1.29, 1.82) is 0 Å². The van der Waals surface area contributed by atoms with Crippen LogP contribution in [0.4, 0.5) is 11.4 Å². The molecule has 0 unspecified atom stereocenters. The van der Waals surface area contributed by atoms with Crippen molar-refractivity contribution in [3.05, 3.63) is 58.6 Å². The van der Waals surface area contributed by atoms with E-state index >= 15 is 0 Å². The highest BCUT2D eigenvalue weighted by Crippen LogP contribution is 2.29. The van der Waals surface area contributed by atoms with Gasteiger partial charge in [-0.2, -0.15) is 0 Å². The number of benzene rings is 2. The number of nitrogens with zero attached hydrogens (tertiary/aromatic N) is 1. The summed E-state index contributed by atoms with van der Waals surface area (Å²) in [6.07, 6.45) is 0.668. The Morgan fingerprint density at radius 2 is 1.96 bits per heavy atom. The molecule has 1 N–H and O–H groups in total. The van der Waals surface area contributed by atoms with Crippen molar-refractivity contribution in [2.24, 2.45) is 0 Å². The first-order valence-corrected chi connectivity index (χ1v) is 10.1. The van der Waals surface area contributed by atoms with Gasteiger partial charge in [-0.25, -0.2) is 12.7 Å². The van der Waals surface area contributed by atoms with Crippen LogP contribution in [0, 0.1) is 0 Å². The molecule has 0 radical (unpaired) electrons. The number of aryl methyl sites for hydroxylation is 1. The topological polar surface area (TPSA) is 83.6 Å². The van der Waals surface area contributed by atoms with E-state index in [0.29, 0.717) is 5.69 Å². The van der Waals surface area contributed by atoms with Crippen LogP contribution in [-0.2, 0) is 21.2 Å². The second kappa shape index (κ2) is 7.09. The predicted octanol–water partition coefficient (Wildman–Crippen LogP) is 3.22. The van der Waals surface area contributed by atoms with E-state index in [2.05, 4.69) is 5.32 Å². The van der Waals surface area contributed by atoms with Gasteiger partial charge in [-0.1, -0.05) is 36.7 Å². The third-order valence-corrected chi connectivity index (χ3v) is 6.17. The maximum atomic E-state index is 12.7. The zero-order valence-electron chi connectivity index (χ0n) is 14.0. The van der Waals surface area contributed by atoms with Crippen LogP contribution >= 0.6 is 11.6 Å². The van der Waals surface area contributed by atoms with Gasteiger partial charge in [-0.05, 0) is 36.2 Å². The zero-order chi connectivity index (χ0) is 18.9. The molecule has 0 aliphatic carbocycles. The van der Waals surface area contributed by atoms with E-state index in [1.165, 1.54) is 18.2 Å². The van der Waals surface area contributed by atoms with Gasteiger partial charge < -0.3 is 5.32 Å². The van der Waals surface area contributed by atoms with Gasteiger partial charge in [-0.3, -0.25) is 9.59 Å². The molecule has 0 spiro atoms. The van der Waals surface area contributed by atoms with Gasteiger partial charge in [-0.15, -0.1) is 0 Å². The van der Waals surface area contributed by atoms with E-state index < -0.39 is 21.8 Å². The molecule has 6 nitrogen and oxygen atoms in total. The van der Waals surface area contributed by atoms with Gasteiger partial charge in [0.2, 0.25) is 15.9 Å². The van der Waals surface area contributed by atoms with Crippen LogP contribution in [0.3, 0.4) is 0 Å². The van der Waals surface area contributed by atoms with Gasteiger partial charge >= 0.3 is 0 Å². The summed E-state index contributed by atoms with van der Waals surface area (Å²) in [4.78, 5) is 24.6.